The second-order valence-corrected chi connectivity index (χ2v) is 6.74. The van der Waals surface area contributed by atoms with Crippen molar-refractivity contribution in [1.82, 2.24) is 4.98 Å². The van der Waals surface area contributed by atoms with Crippen LogP contribution in [0.25, 0.3) is 0 Å². The highest BCUT2D eigenvalue weighted by Gasteiger charge is 2.24. The lowest BCUT2D eigenvalue weighted by atomic mass is 10.0. The molecule has 0 amide bonds. The Morgan fingerprint density at radius 2 is 1.97 bits per heavy atom. The third-order valence-corrected chi connectivity index (χ3v) is 4.65. The zero-order chi connectivity index (χ0) is 21.5. The highest BCUT2D eigenvalue weighted by Crippen LogP contribution is 2.30. The number of nitrogens with zero attached hydrogens (tertiary/aromatic N) is 1. The molecule has 0 saturated carbocycles. The Bertz CT molecular complexity index is 1020. The van der Waals surface area contributed by atoms with E-state index in [4.69, 9.17) is 15.9 Å². The van der Waals surface area contributed by atoms with Crippen LogP contribution in [0, 0.1) is 5.41 Å². The van der Waals surface area contributed by atoms with E-state index in [1.54, 1.807) is 36.5 Å². The molecule has 154 valence electrons. The molecule has 5 N–H and O–H groups in total. The Labute approximate surface area is 175 Å². The molecule has 0 bridgehead atoms. The fourth-order valence-electron chi connectivity index (χ4n) is 3.00. The standard InChI is InChI=1S/C23H24N4O3/c1-2-15-6-11-20(30-14-18-5-3-4-12-26-18)19(13-15)21(23(28)29)27-17-9-7-16(8-10-17)22(24)25/h3-13,21,27H,2,14H2,1H3,(H3,24,25)(H,28,29). The van der Waals surface area contributed by atoms with Gasteiger partial charge >= 0.3 is 5.97 Å². The monoisotopic (exact) mass is 404 g/mol. The van der Waals surface area contributed by atoms with Crippen LogP contribution in [0.5, 0.6) is 5.75 Å². The van der Waals surface area contributed by atoms with Gasteiger partial charge in [0, 0.05) is 23.0 Å². The molecule has 0 fully saturated rings. The minimum Gasteiger partial charge on any atom is -0.487 e. The van der Waals surface area contributed by atoms with E-state index in [0.717, 1.165) is 17.7 Å². The van der Waals surface area contributed by atoms with Gasteiger partial charge in [0.2, 0.25) is 0 Å². The van der Waals surface area contributed by atoms with Crippen LogP contribution in [-0.4, -0.2) is 21.9 Å². The number of aromatic nitrogens is 1. The summed E-state index contributed by atoms with van der Waals surface area (Å²) in [5.74, 6) is -0.586. The molecule has 3 aromatic rings. The summed E-state index contributed by atoms with van der Waals surface area (Å²) >= 11 is 0. The number of carboxylic acids is 1. The highest BCUT2D eigenvalue weighted by atomic mass is 16.5. The number of anilines is 1. The van der Waals surface area contributed by atoms with Crippen molar-refractivity contribution in [3.63, 3.8) is 0 Å². The molecule has 0 saturated heterocycles. The zero-order valence-corrected chi connectivity index (χ0v) is 16.6. The predicted molar refractivity (Wildman–Crippen MR) is 116 cm³/mol. The first-order valence-corrected chi connectivity index (χ1v) is 9.57. The molecule has 0 spiro atoms. The summed E-state index contributed by atoms with van der Waals surface area (Å²) < 4.78 is 5.93. The van der Waals surface area contributed by atoms with Gasteiger partial charge in [-0.25, -0.2) is 4.79 Å². The zero-order valence-electron chi connectivity index (χ0n) is 16.6. The number of benzene rings is 2. The number of carbonyl (C=O) groups is 1. The van der Waals surface area contributed by atoms with Gasteiger partial charge < -0.3 is 20.9 Å². The average Bonchev–Trinajstić information content (AvgIpc) is 2.77. The Morgan fingerprint density at radius 3 is 2.57 bits per heavy atom. The fourth-order valence-corrected chi connectivity index (χ4v) is 3.00. The number of rotatable bonds is 9. The molecule has 30 heavy (non-hydrogen) atoms. The topological polar surface area (TPSA) is 121 Å². The van der Waals surface area contributed by atoms with Crippen molar-refractivity contribution < 1.29 is 14.6 Å². The van der Waals surface area contributed by atoms with Crippen LogP contribution in [-0.2, 0) is 17.8 Å². The Balaban J connectivity index is 1.89. The van der Waals surface area contributed by atoms with Gasteiger partial charge in [0.25, 0.3) is 0 Å². The molecule has 0 aliphatic carbocycles. The molecule has 2 aromatic carbocycles. The summed E-state index contributed by atoms with van der Waals surface area (Å²) in [4.78, 5) is 16.4. The molecular formula is C23H24N4O3. The number of carboxylic acid groups (broad SMARTS) is 1. The number of aryl methyl sites for hydroxylation is 1. The molecule has 1 unspecified atom stereocenters. The van der Waals surface area contributed by atoms with E-state index in [1.165, 1.54) is 0 Å². The van der Waals surface area contributed by atoms with Crippen LogP contribution >= 0.6 is 0 Å². The van der Waals surface area contributed by atoms with Crippen molar-refractivity contribution in [2.45, 2.75) is 26.0 Å². The molecule has 0 aliphatic heterocycles. The molecule has 0 aliphatic rings. The number of nitrogen functional groups attached to an aromatic ring is 1. The predicted octanol–water partition coefficient (Wildman–Crippen LogP) is 3.74. The minimum atomic E-state index is -1.03. The maximum atomic E-state index is 12.1. The number of ether oxygens (including phenoxy) is 1. The largest absolute Gasteiger partial charge is 0.487 e. The quantitative estimate of drug-likeness (QED) is 0.318. The first-order valence-electron chi connectivity index (χ1n) is 9.57. The van der Waals surface area contributed by atoms with Gasteiger partial charge in [0.1, 0.15) is 18.2 Å². The smallest absolute Gasteiger partial charge is 0.330 e. The molecule has 3 rings (SSSR count). The Morgan fingerprint density at radius 1 is 1.20 bits per heavy atom. The van der Waals surface area contributed by atoms with Crippen molar-refractivity contribution in [1.29, 1.82) is 5.41 Å². The number of pyridine rings is 1. The summed E-state index contributed by atoms with van der Waals surface area (Å²) in [6, 6.07) is 16.9. The van der Waals surface area contributed by atoms with Crippen molar-refractivity contribution in [3.05, 3.63) is 89.2 Å². The maximum Gasteiger partial charge on any atom is 0.330 e. The van der Waals surface area contributed by atoms with E-state index in [0.29, 0.717) is 22.6 Å². The van der Waals surface area contributed by atoms with Crippen molar-refractivity contribution in [2.24, 2.45) is 5.73 Å². The number of hydrogen-bond acceptors (Lipinski definition) is 5. The maximum absolute atomic E-state index is 12.1. The van der Waals surface area contributed by atoms with Gasteiger partial charge in [-0.2, -0.15) is 0 Å². The van der Waals surface area contributed by atoms with Gasteiger partial charge in [0.15, 0.2) is 6.04 Å². The summed E-state index contributed by atoms with van der Waals surface area (Å²) in [7, 11) is 0. The molecule has 1 heterocycles. The van der Waals surface area contributed by atoms with Crippen LogP contribution in [0.3, 0.4) is 0 Å². The van der Waals surface area contributed by atoms with Crippen LogP contribution in [0.4, 0.5) is 5.69 Å². The second-order valence-electron chi connectivity index (χ2n) is 6.74. The SMILES string of the molecule is CCc1ccc(OCc2ccccn2)c(C(Nc2ccc(C(=N)N)cc2)C(=O)O)c1. The number of aliphatic carboxylic acids is 1. The Kier molecular flexibility index (Phi) is 6.64. The lowest BCUT2D eigenvalue weighted by Gasteiger charge is -2.20. The molecule has 1 aromatic heterocycles. The van der Waals surface area contributed by atoms with Crippen molar-refractivity contribution in [2.75, 3.05) is 5.32 Å². The van der Waals surface area contributed by atoms with E-state index in [9.17, 15) is 9.90 Å². The summed E-state index contributed by atoms with van der Waals surface area (Å²) in [5.41, 5.74) is 8.95. The van der Waals surface area contributed by atoms with Crippen molar-refractivity contribution in [3.8, 4) is 5.75 Å². The third kappa shape index (κ3) is 5.14. The van der Waals surface area contributed by atoms with Gasteiger partial charge in [-0.1, -0.05) is 19.1 Å². The minimum absolute atomic E-state index is 0.0443. The van der Waals surface area contributed by atoms with Crippen LogP contribution < -0.4 is 15.8 Å². The third-order valence-electron chi connectivity index (χ3n) is 4.65. The van der Waals surface area contributed by atoms with Crippen LogP contribution in [0.1, 0.15) is 35.3 Å². The number of nitrogens with two attached hydrogens (primary N) is 1. The normalized spacial score (nSPS) is 11.5. The molecule has 7 nitrogen and oxygen atoms in total. The van der Waals surface area contributed by atoms with Crippen LogP contribution in [0.2, 0.25) is 0 Å². The summed E-state index contributed by atoms with van der Waals surface area (Å²) in [5, 5.41) is 20.4. The second kappa shape index (κ2) is 9.56. The lowest BCUT2D eigenvalue weighted by molar-refractivity contribution is -0.138. The number of nitrogens with one attached hydrogen (secondary N) is 2. The van der Waals surface area contributed by atoms with Crippen molar-refractivity contribution >= 4 is 17.5 Å². The van der Waals surface area contributed by atoms with Gasteiger partial charge in [-0.05, 0) is 60.5 Å². The van der Waals surface area contributed by atoms with E-state index >= 15 is 0 Å². The molecule has 1 atom stereocenters. The van der Waals surface area contributed by atoms with E-state index in [1.807, 2.05) is 37.3 Å². The molecular weight excluding hydrogens is 380 g/mol. The fraction of sp³-hybridized carbons (Fsp3) is 0.174. The Hall–Kier alpha value is -3.87. The van der Waals surface area contributed by atoms with E-state index < -0.39 is 12.0 Å². The summed E-state index contributed by atoms with van der Waals surface area (Å²) in [6.07, 6.45) is 2.46. The van der Waals surface area contributed by atoms with E-state index in [-0.39, 0.29) is 12.4 Å². The first-order chi connectivity index (χ1) is 14.5. The first kappa shape index (κ1) is 20.9. The number of amidine groups is 1. The molecule has 0 radical (unpaired) electrons. The average molecular weight is 404 g/mol. The highest BCUT2D eigenvalue weighted by molar-refractivity contribution is 5.95. The molecule has 7 heteroatoms. The van der Waals surface area contributed by atoms with Gasteiger partial charge in [-0.3, -0.25) is 10.4 Å². The van der Waals surface area contributed by atoms with Crippen LogP contribution in [0.15, 0.2) is 66.9 Å². The summed E-state index contributed by atoms with van der Waals surface area (Å²) in [6.45, 7) is 2.25. The number of hydrogen-bond donors (Lipinski definition) is 4. The lowest BCUT2D eigenvalue weighted by Crippen LogP contribution is -2.22. The van der Waals surface area contributed by atoms with Gasteiger partial charge in [-0.15, -0.1) is 0 Å². The van der Waals surface area contributed by atoms with Gasteiger partial charge in [0.05, 0.1) is 5.69 Å². The van der Waals surface area contributed by atoms with E-state index in [2.05, 4.69) is 10.3 Å².